The molecule has 0 atom stereocenters. The van der Waals surface area contributed by atoms with Gasteiger partial charge in [0.1, 0.15) is 11.5 Å². The van der Waals surface area contributed by atoms with E-state index < -0.39 is 0 Å². The van der Waals surface area contributed by atoms with Gasteiger partial charge in [-0.15, -0.1) is 0 Å². The first-order valence-electron chi connectivity index (χ1n) is 6.87. The van der Waals surface area contributed by atoms with Crippen LogP contribution in [-0.4, -0.2) is 23.0 Å². The second kappa shape index (κ2) is 12.7. The Hall–Kier alpha value is -0.760. The zero-order valence-electron chi connectivity index (χ0n) is 11.9. The molecule has 2 heteroatoms. The van der Waals surface area contributed by atoms with Gasteiger partial charge in [0, 0.05) is 0 Å². The van der Waals surface area contributed by atoms with Gasteiger partial charge in [0.15, 0.2) is 5.75 Å². The molecule has 0 rings (SSSR count). The highest BCUT2D eigenvalue weighted by molar-refractivity contribution is 7.97. The van der Waals surface area contributed by atoms with E-state index in [-0.39, 0.29) is 5.78 Å². The highest BCUT2D eigenvalue weighted by Crippen LogP contribution is 2.06. The first-order valence-corrected chi connectivity index (χ1v) is 8.60. The topological polar surface area (TPSA) is 17.1 Å². The molecule has 0 unspecified atom stereocenters. The lowest BCUT2D eigenvalue weighted by atomic mass is 10.3. The monoisotopic (exact) mass is 267 g/mol. The molecule has 0 N–H and O–H groups in total. The van der Waals surface area contributed by atoms with E-state index in [1.807, 2.05) is 18.2 Å². The van der Waals surface area contributed by atoms with Gasteiger partial charge in [-0.2, -0.15) is 0 Å². The number of unbranched alkanes of at least 4 members (excludes halogenated alkanes) is 2. The summed E-state index contributed by atoms with van der Waals surface area (Å²) in [5.41, 5.74) is 0. The molecule has 18 heavy (non-hydrogen) atoms. The Kier molecular flexibility index (Phi) is 12.2. The van der Waals surface area contributed by atoms with Crippen LogP contribution in [0, 0.1) is 0 Å². The molecule has 0 aliphatic rings. The van der Waals surface area contributed by atoms with Crippen LogP contribution in [-0.2, 0) is 15.7 Å². The first kappa shape index (κ1) is 17.2. The molecule has 0 aliphatic carbocycles. The smallest absolute Gasteiger partial charge is 0.204 e. The predicted octanol–water partition coefficient (Wildman–Crippen LogP) is 4.07. The summed E-state index contributed by atoms with van der Waals surface area (Å²) in [7, 11) is 0.293. The van der Waals surface area contributed by atoms with Gasteiger partial charge in [-0.05, 0) is 29.8 Å². The van der Waals surface area contributed by atoms with Crippen LogP contribution < -0.4 is 0 Å². The Morgan fingerprint density at radius 2 is 1.67 bits per heavy atom. The summed E-state index contributed by atoms with van der Waals surface area (Å²) in [4.78, 5) is 11.8. The lowest BCUT2D eigenvalue weighted by Gasteiger charge is -2.06. The van der Waals surface area contributed by atoms with E-state index in [0.29, 0.717) is 10.9 Å². The van der Waals surface area contributed by atoms with Crippen molar-refractivity contribution in [1.29, 1.82) is 0 Å². The van der Waals surface area contributed by atoms with Gasteiger partial charge in [0.05, 0.1) is 0 Å². The van der Waals surface area contributed by atoms with Crippen LogP contribution in [0.2, 0.25) is 0 Å². The van der Waals surface area contributed by atoms with Crippen molar-refractivity contribution in [2.75, 3.05) is 17.3 Å². The van der Waals surface area contributed by atoms with E-state index in [9.17, 15) is 4.79 Å². The van der Waals surface area contributed by atoms with Gasteiger partial charge < -0.3 is 0 Å². The lowest BCUT2D eigenvalue weighted by Crippen LogP contribution is -2.21. The van der Waals surface area contributed by atoms with Gasteiger partial charge in [0.25, 0.3) is 0 Å². The van der Waals surface area contributed by atoms with Gasteiger partial charge in [-0.1, -0.05) is 57.6 Å². The van der Waals surface area contributed by atoms with Crippen LogP contribution >= 0.6 is 0 Å². The van der Waals surface area contributed by atoms with E-state index in [4.69, 9.17) is 0 Å². The minimum atomic E-state index is 0.263. The van der Waals surface area contributed by atoms with Crippen LogP contribution in [0.4, 0.5) is 0 Å². The number of carbonyl (C=O) groups is 1. The highest BCUT2D eigenvalue weighted by atomic mass is 32.2. The fraction of sp³-hybridized carbons (Fsp3) is 0.562. The fourth-order valence-corrected chi connectivity index (χ4v) is 3.88. The molecule has 0 radical (unpaired) electrons. The van der Waals surface area contributed by atoms with Gasteiger partial charge in [-0.25, -0.2) is 0 Å². The van der Waals surface area contributed by atoms with Crippen LogP contribution in [0.25, 0.3) is 0 Å². The van der Waals surface area contributed by atoms with Crippen LogP contribution in [0.3, 0.4) is 0 Å². The third-order valence-electron chi connectivity index (χ3n) is 2.56. The maximum Gasteiger partial charge on any atom is 0.204 e. The zero-order chi connectivity index (χ0) is 13.6. The summed E-state index contributed by atoms with van der Waals surface area (Å²) in [5.74, 6) is 3.44. The van der Waals surface area contributed by atoms with Crippen LogP contribution in [0.5, 0.6) is 0 Å². The zero-order valence-corrected chi connectivity index (χ0v) is 12.7. The first-order chi connectivity index (χ1) is 8.74. The SMILES string of the molecule is C=C/C=C\C=C\C(=O)C[S+](CCCC)CCCC. The number of hydrogen-bond donors (Lipinski definition) is 0. The Labute approximate surface area is 115 Å². The van der Waals surface area contributed by atoms with Crippen molar-refractivity contribution < 1.29 is 4.79 Å². The van der Waals surface area contributed by atoms with Crippen LogP contribution in [0.15, 0.2) is 37.0 Å². The van der Waals surface area contributed by atoms with Crippen molar-refractivity contribution in [2.45, 2.75) is 39.5 Å². The normalized spacial score (nSPS) is 11.7. The molecule has 0 spiro atoms. The van der Waals surface area contributed by atoms with Crippen molar-refractivity contribution >= 4 is 16.7 Å². The minimum absolute atomic E-state index is 0.263. The Balaban J connectivity index is 4.10. The molecule has 0 saturated heterocycles. The summed E-state index contributed by atoms with van der Waals surface area (Å²) in [6.45, 7) is 8.01. The van der Waals surface area contributed by atoms with E-state index in [1.54, 1.807) is 12.2 Å². The molecule has 0 fully saturated rings. The molecular weight excluding hydrogens is 240 g/mol. The molecule has 102 valence electrons. The number of ketones is 1. The standard InChI is InChI=1S/C16H27OS/c1-4-7-10-11-12-16(17)15-18(13-8-5-2)14-9-6-3/h4,7,10-12H,1,5-6,8-9,13-15H2,2-3H3/q+1/b10-7-,12-11+. The lowest BCUT2D eigenvalue weighted by molar-refractivity contribution is -0.112. The van der Waals surface area contributed by atoms with Crippen molar-refractivity contribution in [3.8, 4) is 0 Å². The largest absolute Gasteiger partial charge is 0.290 e. The molecule has 0 bridgehead atoms. The van der Waals surface area contributed by atoms with E-state index in [0.717, 1.165) is 5.75 Å². The average molecular weight is 267 g/mol. The molecular formula is C16H27OS+. The summed E-state index contributed by atoms with van der Waals surface area (Å²) in [6.07, 6.45) is 13.8. The molecule has 0 aromatic heterocycles. The molecule has 0 saturated carbocycles. The van der Waals surface area contributed by atoms with Crippen molar-refractivity contribution in [3.63, 3.8) is 0 Å². The van der Waals surface area contributed by atoms with Gasteiger partial charge in [-0.3, -0.25) is 4.79 Å². The van der Waals surface area contributed by atoms with Gasteiger partial charge >= 0.3 is 0 Å². The molecule has 0 aromatic rings. The van der Waals surface area contributed by atoms with E-state index in [2.05, 4.69) is 20.4 Å². The summed E-state index contributed by atoms with van der Waals surface area (Å²) in [5, 5.41) is 0. The Morgan fingerprint density at radius 3 is 2.17 bits per heavy atom. The number of rotatable bonds is 11. The molecule has 0 amide bonds. The Morgan fingerprint density at radius 1 is 1.06 bits per heavy atom. The van der Waals surface area contributed by atoms with E-state index >= 15 is 0 Å². The fourth-order valence-electron chi connectivity index (χ4n) is 1.50. The number of carbonyl (C=O) groups excluding carboxylic acids is 1. The number of allylic oxidation sites excluding steroid dienone is 5. The molecule has 0 aromatic carbocycles. The maximum atomic E-state index is 11.8. The maximum absolute atomic E-state index is 11.8. The van der Waals surface area contributed by atoms with E-state index in [1.165, 1.54) is 37.2 Å². The highest BCUT2D eigenvalue weighted by Gasteiger charge is 2.19. The summed E-state index contributed by atoms with van der Waals surface area (Å²) >= 11 is 0. The van der Waals surface area contributed by atoms with Crippen molar-refractivity contribution in [2.24, 2.45) is 0 Å². The van der Waals surface area contributed by atoms with Crippen molar-refractivity contribution in [3.05, 3.63) is 37.0 Å². The second-order valence-corrected chi connectivity index (χ2v) is 6.65. The summed E-state index contributed by atoms with van der Waals surface area (Å²) < 4.78 is 0. The summed E-state index contributed by atoms with van der Waals surface area (Å²) in [6, 6.07) is 0. The predicted molar refractivity (Wildman–Crippen MR) is 85.3 cm³/mol. The second-order valence-electron chi connectivity index (χ2n) is 4.32. The molecule has 0 heterocycles. The molecule has 0 aliphatic heterocycles. The van der Waals surface area contributed by atoms with Crippen molar-refractivity contribution in [1.82, 2.24) is 0 Å². The minimum Gasteiger partial charge on any atom is -0.290 e. The quantitative estimate of drug-likeness (QED) is 0.313. The van der Waals surface area contributed by atoms with Gasteiger partial charge in [0.2, 0.25) is 5.78 Å². The third-order valence-corrected chi connectivity index (χ3v) is 4.98. The Bertz CT molecular complexity index is 271. The average Bonchev–Trinajstić information content (AvgIpc) is 2.38. The molecule has 1 nitrogen and oxygen atoms in total. The number of hydrogen-bond acceptors (Lipinski definition) is 1. The third kappa shape index (κ3) is 10.4. The van der Waals surface area contributed by atoms with Crippen LogP contribution in [0.1, 0.15) is 39.5 Å².